The minimum Gasteiger partial charge on any atom is -0.457 e. The van der Waals surface area contributed by atoms with E-state index in [0.717, 1.165) is 5.57 Å². The number of oxazole rings is 1. The van der Waals surface area contributed by atoms with Crippen molar-refractivity contribution in [3.8, 4) is 0 Å². The topological polar surface area (TPSA) is 131 Å². The standard InChI is InChI=1S/C34H51N3O7Si/c1-22(2)31-24(4)14-15-29(39)35-16-10-12-23(3)18-26(44-45(8,9)34(5,6)7)19-25(38)20-30-36-27(21-42-30)32(40)37-17-11-13-28(37)33(41)43-31/h10,12-15,18,21-22,24-26,31,38H,11,16-17,19-20H2,1-9H3,(H,35,39)/b12-10+,15-14+,23-18+/t24-,25+,26+,31-/m0/s1. The zero-order chi connectivity index (χ0) is 33.5. The summed E-state index contributed by atoms with van der Waals surface area (Å²) >= 11 is 0. The minimum atomic E-state index is -2.19. The van der Waals surface area contributed by atoms with Crippen molar-refractivity contribution in [3.05, 3.63) is 65.6 Å². The number of hydrogen-bond donors (Lipinski definition) is 2. The van der Waals surface area contributed by atoms with Gasteiger partial charge in [-0.15, -0.1) is 0 Å². The second kappa shape index (κ2) is 15.3. The fraction of sp³-hybridized carbons (Fsp3) is 0.588. The average Bonchev–Trinajstić information content (AvgIpc) is 3.61. The summed E-state index contributed by atoms with van der Waals surface area (Å²) in [7, 11) is -2.19. The van der Waals surface area contributed by atoms with Crippen molar-refractivity contribution in [2.75, 3.05) is 13.1 Å². The largest absolute Gasteiger partial charge is 0.457 e. The summed E-state index contributed by atoms with van der Waals surface area (Å²) in [5, 5.41) is 13.9. The molecule has 3 heterocycles. The molecule has 4 atom stereocenters. The Labute approximate surface area is 268 Å². The third kappa shape index (κ3) is 10.1. The van der Waals surface area contributed by atoms with Crippen molar-refractivity contribution in [2.45, 2.75) is 104 Å². The van der Waals surface area contributed by atoms with E-state index >= 15 is 0 Å². The van der Waals surface area contributed by atoms with Crippen LogP contribution in [0.15, 0.2) is 58.4 Å². The zero-order valence-corrected chi connectivity index (χ0v) is 29.3. The molecule has 0 unspecified atom stereocenters. The first-order valence-electron chi connectivity index (χ1n) is 15.8. The molecule has 2 N–H and O–H groups in total. The molecule has 1 aromatic rings. The number of cyclic esters (lactones) is 1. The molecule has 0 aliphatic carbocycles. The van der Waals surface area contributed by atoms with Crippen LogP contribution in [0.3, 0.4) is 0 Å². The van der Waals surface area contributed by atoms with Gasteiger partial charge in [-0.05, 0) is 43.5 Å². The van der Waals surface area contributed by atoms with Gasteiger partial charge in [0.05, 0.1) is 18.6 Å². The lowest BCUT2D eigenvalue weighted by Crippen LogP contribution is -2.44. The number of aliphatic hydroxyl groups is 1. The second-order valence-electron chi connectivity index (χ2n) is 13.9. The predicted octanol–water partition coefficient (Wildman–Crippen LogP) is 5.48. The van der Waals surface area contributed by atoms with Crippen LogP contribution in [-0.2, 0) is 25.2 Å². The van der Waals surface area contributed by atoms with Crippen LogP contribution in [0.2, 0.25) is 18.1 Å². The predicted molar refractivity (Wildman–Crippen MR) is 176 cm³/mol. The molecule has 11 heteroatoms. The molecule has 2 bridgehead atoms. The van der Waals surface area contributed by atoms with E-state index in [1.165, 1.54) is 17.2 Å². The van der Waals surface area contributed by atoms with E-state index in [2.05, 4.69) is 44.2 Å². The number of esters is 1. The van der Waals surface area contributed by atoms with E-state index in [9.17, 15) is 19.5 Å². The third-order valence-electron chi connectivity index (χ3n) is 8.57. The van der Waals surface area contributed by atoms with Crippen molar-refractivity contribution >= 4 is 26.1 Å². The van der Waals surface area contributed by atoms with Crippen LogP contribution < -0.4 is 5.32 Å². The summed E-state index contributed by atoms with van der Waals surface area (Å²) in [4.78, 5) is 45.0. The number of carbonyl (C=O) groups is 3. The fourth-order valence-electron chi connectivity index (χ4n) is 5.06. The lowest BCUT2D eigenvalue weighted by molar-refractivity contribution is -0.149. The van der Waals surface area contributed by atoms with Gasteiger partial charge in [0.25, 0.3) is 5.91 Å². The maximum Gasteiger partial charge on any atom is 0.355 e. The number of hydrogen-bond acceptors (Lipinski definition) is 8. The second-order valence-corrected chi connectivity index (χ2v) is 18.6. The van der Waals surface area contributed by atoms with E-state index in [0.29, 0.717) is 25.9 Å². The number of carbonyl (C=O) groups excluding carboxylic acids is 3. The summed E-state index contributed by atoms with van der Waals surface area (Å²) in [5.74, 6) is -1.42. The van der Waals surface area contributed by atoms with Gasteiger partial charge in [0.15, 0.2) is 19.9 Å². The average molecular weight is 642 g/mol. The van der Waals surface area contributed by atoms with Crippen LogP contribution in [0.5, 0.6) is 0 Å². The quantitative estimate of drug-likeness (QED) is 0.328. The van der Waals surface area contributed by atoms with E-state index in [1.807, 2.05) is 45.9 Å². The Morgan fingerprint density at radius 1 is 1.18 bits per heavy atom. The van der Waals surface area contributed by atoms with Crippen LogP contribution >= 0.6 is 0 Å². The van der Waals surface area contributed by atoms with Gasteiger partial charge in [0, 0.05) is 25.4 Å². The third-order valence-corrected chi connectivity index (χ3v) is 13.1. The van der Waals surface area contributed by atoms with Gasteiger partial charge in [-0.3, -0.25) is 9.59 Å². The monoisotopic (exact) mass is 641 g/mol. The molecule has 2 aliphatic heterocycles. The molecule has 0 aromatic carbocycles. The van der Waals surface area contributed by atoms with Crippen LogP contribution in [0.1, 0.15) is 77.7 Å². The molecule has 1 aromatic heterocycles. The summed E-state index contributed by atoms with van der Waals surface area (Å²) in [6.45, 7) is 19.2. The first-order chi connectivity index (χ1) is 21.0. The Kier molecular flexibility index (Phi) is 12.3. The highest BCUT2D eigenvalue weighted by Gasteiger charge is 2.39. The lowest BCUT2D eigenvalue weighted by atomic mass is 9.94. The zero-order valence-electron chi connectivity index (χ0n) is 28.3. The van der Waals surface area contributed by atoms with Gasteiger partial charge in [0.1, 0.15) is 18.1 Å². The van der Waals surface area contributed by atoms with Crippen molar-refractivity contribution in [2.24, 2.45) is 11.8 Å². The van der Waals surface area contributed by atoms with Crippen LogP contribution in [0, 0.1) is 11.8 Å². The van der Waals surface area contributed by atoms with E-state index in [1.54, 1.807) is 12.2 Å². The van der Waals surface area contributed by atoms with E-state index in [-0.39, 0.29) is 52.6 Å². The number of ether oxygens (including phenoxy) is 1. The van der Waals surface area contributed by atoms with Gasteiger partial charge in [-0.25, -0.2) is 9.78 Å². The van der Waals surface area contributed by atoms with Crippen molar-refractivity contribution in [3.63, 3.8) is 0 Å². The summed E-state index contributed by atoms with van der Waals surface area (Å²) < 4.78 is 18.2. The molecule has 0 spiro atoms. The Morgan fingerprint density at radius 2 is 1.89 bits per heavy atom. The number of nitrogens with zero attached hydrogens (tertiary/aromatic N) is 2. The van der Waals surface area contributed by atoms with Crippen LogP contribution in [0.4, 0.5) is 0 Å². The molecule has 10 nitrogen and oxygen atoms in total. The summed E-state index contributed by atoms with van der Waals surface area (Å²) in [6.07, 6.45) is 11.0. The summed E-state index contributed by atoms with van der Waals surface area (Å²) in [5.41, 5.74) is 1.14. The summed E-state index contributed by atoms with van der Waals surface area (Å²) in [6, 6.07) is 0. The highest BCUT2D eigenvalue weighted by molar-refractivity contribution is 6.74. The number of rotatable bonds is 3. The van der Waals surface area contributed by atoms with Crippen molar-refractivity contribution in [1.29, 1.82) is 0 Å². The molecule has 2 aliphatic rings. The van der Waals surface area contributed by atoms with E-state index < -0.39 is 32.4 Å². The van der Waals surface area contributed by atoms with Crippen molar-refractivity contribution < 1.29 is 33.1 Å². The maximum atomic E-state index is 13.4. The number of amides is 2. The van der Waals surface area contributed by atoms with Crippen LogP contribution in [0.25, 0.3) is 0 Å². The molecule has 0 fully saturated rings. The normalized spacial score (nSPS) is 27.6. The Balaban J connectivity index is 1.93. The molecule has 248 valence electrons. The Morgan fingerprint density at radius 3 is 2.56 bits per heavy atom. The number of aliphatic hydroxyl groups excluding tert-OH is 1. The molecule has 0 saturated carbocycles. The molecule has 3 rings (SSSR count). The lowest BCUT2D eigenvalue weighted by Gasteiger charge is -2.39. The molecule has 0 radical (unpaired) electrons. The molecule has 0 saturated heterocycles. The van der Waals surface area contributed by atoms with Gasteiger partial charge in [-0.1, -0.05) is 77.5 Å². The van der Waals surface area contributed by atoms with Gasteiger partial charge < -0.3 is 28.9 Å². The SMILES string of the molecule is CC1=C\[C@@H](O[Si](C)(C)C(C)(C)C)C[C@@H](O)Cc2nc(co2)C(=O)N2CCC=C2C(=O)O[C@@H](C(C)C)[C@@H](C)/C=C/C(=O)NC\C=C\1. The number of allylic oxidation sites excluding steroid dienone is 2. The number of fused-ring (bicyclic) bond motifs is 3. The number of nitrogens with one attached hydrogen (secondary N) is 1. The molecular weight excluding hydrogens is 590 g/mol. The Bertz CT molecular complexity index is 1340. The smallest absolute Gasteiger partial charge is 0.355 e. The van der Waals surface area contributed by atoms with Crippen molar-refractivity contribution in [1.82, 2.24) is 15.2 Å². The molecule has 2 amide bonds. The minimum absolute atomic E-state index is 0.0349. The van der Waals surface area contributed by atoms with E-state index in [4.69, 9.17) is 13.6 Å². The molecular formula is C34H51N3O7Si. The van der Waals surface area contributed by atoms with Gasteiger partial charge in [0.2, 0.25) is 5.91 Å². The highest BCUT2D eigenvalue weighted by atomic mass is 28.4. The van der Waals surface area contributed by atoms with Gasteiger partial charge >= 0.3 is 5.97 Å². The van der Waals surface area contributed by atoms with Crippen LogP contribution in [-0.4, -0.2) is 72.5 Å². The van der Waals surface area contributed by atoms with Gasteiger partial charge in [-0.2, -0.15) is 0 Å². The first-order valence-corrected chi connectivity index (χ1v) is 18.7. The first kappa shape index (κ1) is 36.2. The fourth-order valence-corrected chi connectivity index (χ4v) is 6.33. The number of aromatic nitrogens is 1. The maximum absolute atomic E-state index is 13.4. The highest BCUT2D eigenvalue weighted by Crippen LogP contribution is 2.38. The molecule has 45 heavy (non-hydrogen) atoms. The Hall–Kier alpha value is -3.28.